The number of methoxy groups -OCH3 is 1. The second-order valence-corrected chi connectivity index (χ2v) is 7.35. The van der Waals surface area contributed by atoms with E-state index in [0.717, 1.165) is 28.6 Å². The molecule has 0 spiro atoms. The lowest BCUT2D eigenvalue weighted by Crippen LogP contribution is -2.35. The summed E-state index contributed by atoms with van der Waals surface area (Å²) in [6.07, 6.45) is 0. The number of nitrogens with one attached hydrogen (secondary N) is 1. The number of amides is 1. The van der Waals surface area contributed by atoms with Gasteiger partial charge in [-0.3, -0.25) is 4.79 Å². The van der Waals surface area contributed by atoms with Crippen molar-refractivity contribution in [1.29, 1.82) is 0 Å². The van der Waals surface area contributed by atoms with Crippen LogP contribution in [-0.2, 0) is 19.6 Å². The van der Waals surface area contributed by atoms with Gasteiger partial charge in [-0.15, -0.1) is 0 Å². The summed E-state index contributed by atoms with van der Waals surface area (Å²) in [7, 11) is -1.52. The van der Waals surface area contributed by atoms with E-state index in [1.165, 1.54) is 26.3 Å². The van der Waals surface area contributed by atoms with Crippen LogP contribution in [0.3, 0.4) is 0 Å². The van der Waals surface area contributed by atoms with Gasteiger partial charge >= 0.3 is 5.97 Å². The third-order valence-electron chi connectivity index (χ3n) is 3.49. The van der Waals surface area contributed by atoms with Crippen molar-refractivity contribution in [2.75, 3.05) is 26.0 Å². The molecule has 0 aliphatic rings. The number of hydrogen-bond acceptors (Lipinski definition) is 5. The summed E-state index contributed by atoms with van der Waals surface area (Å²) >= 11 is 0. The van der Waals surface area contributed by atoms with Crippen LogP contribution in [-0.4, -0.2) is 45.3 Å². The maximum Gasteiger partial charge on any atom is 0.339 e. The number of halogens is 1. The molecule has 2 aromatic rings. The largest absolute Gasteiger partial charge is 0.465 e. The van der Waals surface area contributed by atoms with E-state index >= 15 is 0 Å². The van der Waals surface area contributed by atoms with Crippen LogP contribution in [0, 0.1) is 5.82 Å². The number of esters is 1. The fourth-order valence-corrected chi connectivity index (χ4v) is 3.27. The zero-order valence-corrected chi connectivity index (χ0v) is 14.9. The number of anilines is 1. The normalized spacial score (nSPS) is 11.2. The predicted octanol–water partition coefficient (Wildman–Crippen LogP) is 1.87. The molecule has 1 N–H and O–H groups in total. The molecule has 0 bridgehead atoms. The van der Waals surface area contributed by atoms with Gasteiger partial charge in [-0.2, -0.15) is 4.31 Å². The summed E-state index contributed by atoms with van der Waals surface area (Å²) in [4.78, 5) is 23.8. The Bertz CT molecular complexity index is 913. The van der Waals surface area contributed by atoms with Gasteiger partial charge in [0.2, 0.25) is 15.9 Å². The molecule has 7 nitrogen and oxygen atoms in total. The Labute approximate surface area is 150 Å². The first-order valence-corrected chi connectivity index (χ1v) is 8.89. The Morgan fingerprint density at radius 1 is 1.12 bits per heavy atom. The van der Waals surface area contributed by atoms with Crippen LogP contribution < -0.4 is 5.32 Å². The molecule has 0 radical (unpaired) electrons. The van der Waals surface area contributed by atoms with Crippen molar-refractivity contribution >= 4 is 27.6 Å². The first kappa shape index (κ1) is 19.5. The number of rotatable bonds is 6. The average molecular weight is 380 g/mol. The van der Waals surface area contributed by atoms with E-state index in [4.69, 9.17) is 0 Å². The van der Waals surface area contributed by atoms with E-state index in [0.29, 0.717) is 0 Å². The SMILES string of the molecule is COC(=O)c1ccccc1NC(=O)CN(C)S(=O)(=O)c1ccc(F)cc1. The standard InChI is InChI=1S/C17H17FN2O5S/c1-20(26(23,24)13-9-7-12(18)8-10-13)11-16(21)19-15-6-4-3-5-14(15)17(22)25-2/h3-10H,11H2,1-2H3,(H,19,21). The van der Waals surface area contributed by atoms with Crippen LogP contribution in [0.5, 0.6) is 0 Å². The smallest absolute Gasteiger partial charge is 0.339 e. The van der Waals surface area contributed by atoms with Crippen LogP contribution in [0.1, 0.15) is 10.4 Å². The number of carbonyl (C=O) groups excluding carboxylic acids is 2. The summed E-state index contributed by atoms with van der Waals surface area (Å²) in [5.41, 5.74) is 0.351. The molecule has 26 heavy (non-hydrogen) atoms. The third-order valence-corrected chi connectivity index (χ3v) is 5.31. The molecular weight excluding hydrogens is 363 g/mol. The van der Waals surface area contributed by atoms with Gasteiger partial charge in [0, 0.05) is 7.05 Å². The highest BCUT2D eigenvalue weighted by Gasteiger charge is 2.23. The molecule has 0 fully saturated rings. The number of carbonyl (C=O) groups is 2. The van der Waals surface area contributed by atoms with Crippen molar-refractivity contribution in [2.45, 2.75) is 4.90 Å². The minimum Gasteiger partial charge on any atom is -0.465 e. The topological polar surface area (TPSA) is 92.8 Å². The Hall–Kier alpha value is -2.78. The zero-order chi connectivity index (χ0) is 19.3. The van der Waals surface area contributed by atoms with Crippen molar-refractivity contribution < 1.29 is 27.1 Å². The second kappa shape index (κ2) is 8.07. The van der Waals surface area contributed by atoms with Crippen LogP contribution >= 0.6 is 0 Å². The van der Waals surface area contributed by atoms with Gasteiger partial charge in [-0.25, -0.2) is 17.6 Å². The van der Waals surface area contributed by atoms with Crippen molar-refractivity contribution in [1.82, 2.24) is 4.31 Å². The Morgan fingerprint density at radius 2 is 1.73 bits per heavy atom. The van der Waals surface area contributed by atoms with E-state index < -0.39 is 34.3 Å². The predicted molar refractivity (Wildman–Crippen MR) is 92.6 cm³/mol. The molecule has 0 aromatic heterocycles. The van der Waals surface area contributed by atoms with Gasteiger partial charge in [0.15, 0.2) is 0 Å². The molecule has 0 unspecified atom stereocenters. The molecule has 0 aliphatic carbocycles. The molecule has 0 heterocycles. The van der Waals surface area contributed by atoms with Gasteiger partial charge in [0.25, 0.3) is 0 Å². The molecule has 0 aliphatic heterocycles. The van der Waals surface area contributed by atoms with Crippen LogP contribution in [0.2, 0.25) is 0 Å². The summed E-state index contributed by atoms with van der Waals surface area (Å²) in [5, 5.41) is 2.48. The first-order chi connectivity index (χ1) is 12.3. The fourth-order valence-electron chi connectivity index (χ4n) is 2.14. The number of para-hydroxylation sites is 1. The Morgan fingerprint density at radius 3 is 2.35 bits per heavy atom. The van der Waals surface area contributed by atoms with E-state index in [1.807, 2.05) is 0 Å². The van der Waals surface area contributed by atoms with Crippen molar-refractivity contribution in [2.24, 2.45) is 0 Å². The Balaban J connectivity index is 2.13. The molecule has 0 saturated heterocycles. The molecule has 138 valence electrons. The quantitative estimate of drug-likeness (QED) is 0.773. The number of ether oxygens (including phenoxy) is 1. The summed E-state index contributed by atoms with van der Waals surface area (Å²) in [6, 6.07) is 10.5. The lowest BCUT2D eigenvalue weighted by Gasteiger charge is -2.17. The average Bonchev–Trinajstić information content (AvgIpc) is 2.61. The molecule has 2 rings (SSSR count). The van der Waals surface area contributed by atoms with Crippen molar-refractivity contribution in [3.05, 3.63) is 59.9 Å². The van der Waals surface area contributed by atoms with E-state index in [9.17, 15) is 22.4 Å². The maximum absolute atomic E-state index is 13.0. The van der Waals surface area contributed by atoms with Crippen LogP contribution in [0.4, 0.5) is 10.1 Å². The third kappa shape index (κ3) is 4.44. The number of benzene rings is 2. The molecule has 1 amide bonds. The van der Waals surface area contributed by atoms with Gasteiger partial charge < -0.3 is 10.1 Å². The van der Waals surface area contributed by atoms with Crippen molar-refractivity contribution in [3.63, 3.8) is 0 Å². The second-order valence-electron chi connectivity index (χ2n) is 5.30. The van der Waals surface area contributed by atoms with Crippen LogP contribution in [0.25, 0.3) is 0 Å². The maximum atomic E-state index is 13.0. The highest BCUT2D eigenvalue weighted by Crippen LogP contribution is 2.17. The molecular formula is C17H17FN2O5S. The summed E-state index contributed by atoms with van der Waals surface area (Å²) < 4.78 is 43.2. The molecule has 9 heteroatoms. The minimum absolute atomic E-state index is 0.135. The summed E-state index contributed by atoms with van der Waals surface area (Å²) in [5.74, 6) is -1.84. The first-order valence-electron chi connectivity index (χ1n) is 7.45. The fraction of sp³-hybridized carbons (Fsp3) is 0.176. The van der Waals surface area contributed by atoms with Gasteiger partial charge in [0.05, 0.1) is 29.8 Å². The molecule has 2 aromatic carbocycles. The molecule has 0 saturated carbocycles. The monoisotopic (exact) mass is 380 g/mol. The highest BCUT2D eigenvalue weighted by molar-refractivity contribution is 7.89. The summed E-state index contributed by atoms with van der Waals surface area (Å²) in [6.45, 7) is -0.491. The van der Waals surface area contributed by atoms with Gasteiger partial charge in [-0.05, 0) is 36.4 Å². The van der Waals surface area contributed by atoms with E-state index in [-0.39, 0.29) is 16.1 Å². The highest BCUT2D eigenvalue weighted by atomic mass is 32.2. The number of hydrogen-bond donors (Lipinski definition) is 1. The van der Waals surface area contributed by atoms with Crippen molar-refractivity contribution in [3.8, 4) is 0 Å². The van der Waals surface area contributed by atoms with E-state index in [2.05, 4.69) is 10.1 Å². The number of nitrogens with zero attached hydrogens (tertiary/aromatic N) is 1. The number of likely N-dealkylation sites (N-methyl/N-ethyl adjacent to an activating group) is 1. The molecule has 0 atom stereocenters. The van der Waals surface area contributed by atoms with Gasteiger partial charge in [0.1, 0.15) is 5.82 Å². The lowest BCUT2D eigenvalue weighted by atomic mass is 10.2. The van der Waals surface area contributed by atoms with E-state index in [1.54, 1.807) is 12.1 Å². The van der Waals surface area contributed by atoms with Gasteiger partial charge in [-0.1, -0.05) is 12.1 Å². The Kier molecular flexibility index (Phi) is 6.06. The van der Waals surface area contributed by atoms with Crippen LogP contribution in [0.15, 0.2) is 53.4 Å². The lowest BCUT2D eigenvalue weighted by molar-refractivity contribution is -0.116. The number of sulfonamides is 1. The zero-order valence-electron chi connectivity index (χ0n) is 14.1. The minimum atomic E-state index is -3.96.